The van der Waals surface area contributed by atoms with Gasteiger partial charge < -0.3 is 10.4 Å². The minimum Gasteiger partial charge on any atom is -0.481 e. The van der Waals surface area contributed by atoms with Crippen LogP contribution in [0.25, 0.3) is 5.69 Å². The lowest BCUT2D eigenvalue weighted by atomic mass is 10.1. The molecule has 116 valence electrons. The summed E-state index contributed by atoms with van der Waals surface area (Å²) >= 11 is 0. The molecule has 0 aliphatic carbocycles. The van der Waals surface area contributed by atoms with Gasteiger partial charge in [-0.25, -0.2) is 9.67 Å². The second-order valence-electron chi connectivity index (χ2n) is 4.85. The fourth-order valence-electron chi connectivity index (χ4n) is 2.01. The molecule has 7 nitrogen and oxygen atoms in total. The van der Waals surface area contributed by atoms with E-state index >= 15 is 0 Å². The molecule has 0 saturated carbocycles. The normalized spacial score (nSPS) is 10.4. The number of nitrogens with one attached hydrogen (secondary N) is 1. The average Bonchev–Trinajstić information content (AvgIpc) is 3.05. The molecule has 7 heteroatoms. The lowest BCUT2D eigenvalue weighted by Crippen LogP contribution is -2.24. The van der Waals surface area contributed by atoms with Crippen LogP contribution in [0.3, 0.4) is 0 Å². The zero-order chi connectivity index (χ0) is 15.8. The molecule has 0 bridgehead atoms. The van der Waals surface area contributed by atoms with Gasteiger partial charge in [-0.05, 0) is 31.0 Å². The van der Waals surface area contributed by atoms with E-state index in [4.69, 9.17) is 5.11 Å². The number of hydrogen-bond donors (Lipinski definition) is 2. The van der Waals surface area contributed by atoms with Crippen molar-refractivity contribution >= 4 is 11.9 Å². The molecule has 2 rings (SSSR count). The number of unbranched alkanes of at least 4 members (excludes halogenated alkanes) is 2. The number of carboxylic acids is 1. The molecule has 1 aromatic heterocycles. The molecule has 2 aromatic rings. The summed E-state index contributed by atoms with van der Waals surface area (Å²) in [5.74, 6) is -0.936. The van der Waals surface area contributed by atoms with Crippen molar-refractivity contribution in [2.75, 3.05) is 6.54 Å². The molecule has 0 atom stereocenters. The lowest BCUT2D eigenvalue weighted by Gasteiger charge is -2.07. The first-order valence-corrected chi connectivity index (χ1v) is 7.12. The minimum atomic E-state index is -0.783. The van der Waals surface area contributed by atoms with Crippen molar-refractivity contribution in [3.8, 4) is 5.69 Å². The first kappa shape index (κ1) is 15.7. The fraction of sp³-hybridized carbons (Fsp3) is 0.333. The van der Waals surface area contributed by atoms with Gasteiger partial charge in [0, 0.05) is 18.5 Å². The van der Waals surface area contributed by atoms with E-state index in [1.807, 2.05) is 6.07 Å². The van der Waals surface area contributed by atoms with Crippen molar-refractivity contribution in [1.82, 2.24) is 20.1 Å². The highest BCUT2D eigenvalue weighted by Crippen LogP contribution is 2.09. The van der Waals surface area contributed by atoms with Gasteiger partial charge in [0.1, 0.15) is 12.7 Å². The van der Waals surface area contributed by atoms with Crippen molar-refractivity contribution in [3.05, 3.63) is 42.5 Å². The van der Waals surface area contributed by atoms with Crippen LogP contribution in [-0.4, -0.2) is 38.3 Å². The van der Waals surface area contributed by atoms with Crippen LogP contribution in [0.1, 0.15) is 36.0 Å². The highest BCUT2D eigenvalue weighted by Gasteiger charge is 2.06. The third kappa shape index (κ3) is 4.69. The number of amides is 1. The number of carbonyl (C=O) groups excluding carboxylic acids is 1. The van der Waals surface area contributed by atoms with Crippen molar-refractivity contribution in [1.29, 1.82) is 0 Å². The minimum absolute atomic E-state index is 0.153. The molecule has 0 radical (unpaired) electrons. The Bertz CT molecular complexity index is 625. The second kappa shape index (κ2) is 7.92. The Morgan fingerprint density at radius 2 is 2.09 bits per heavy atom. The zero-order valence-corrected chi connectivity index (χ0v) is 12.1. The molecular formula is C15H18N4O3. The molecule has 0 saturated heterocycles. The van der Waals surface area contributed by atoms with E-state index < -0.39 is 5.97 Å². The molecule has 2 N–H and O–H groups in total. The van der Waals surface area contributed by atoms with E-state index in [1.54, 1.807) is 29.2 Å². The summed E-state index contributed by atoms with van der Waals surface area (Å²) in [6.07, 6.45) is 5.36. The van der Waals surface area contributed by atoms with Gasteiger partial charge in [-0.1, -0.05) is 12.5 Å². The molecular weight excluding hydrogens is 284 g/mol. The van der Waals surface area contributed by atoms with E-state index in [-0.39, 0.29) is 12.3 Å². The molecule has 1 heterocycles. The van der Waals surface area contributed by atoms with Gasteiger partial charge in [-0.15, -0.1) is 0 Å². The Labute approximate surface area is 128 Å². The van der Waals surface area contributed by atoms with Gasteiger partial charge in [0.15, 0.2) is 0 Å². The average molecular weight is 302 g/mol. The van der Waals surface area contributed by atoms with Crippen LogP contribution in [0.15, 0.2) is 36.9 Å². The van der Waals surface area contributed by atoms with Crippen LogP contribution >= 0.6 is 0 Å². The number of aromatic nitrogens is 3. The number of rotatable bonds is 8. The maximum atomic E-state index is 12.1. The number of benzene rings is 1. The van der Waals surface area contributed by atoms with Gasteiger partial charge in [0.05, 0.1) is 5.69 Å². The number of aliphatic carboxylic acids is 1. The van der Waals surface area contributed by atoms with Crippen molar-refractivity contribution in [3.63, 3.8) is 0 Å². The third-order valence-corrected chi connectivity index (χ3v) is 3.14. The number of hydrogen-bond acceptors (Lipinski definition) is 4. The molecule has 22 heavy (non-hydrogen) atoms. The summed E-state index contributed by atoms with van der Waals surface area (Å²) in [4.78, 5) is 26.3. The van der Waals surface area contributed by atoms with E-state index in [0.29, 0.717) is 18.5 Å². The maximum Gasteiger partial charge on any atom is 0.303 e. The highest BCUT2D eigenvalue weighted by atomic mass is 16.4. The van der Waals surface area contributed by atoms with Crippen LogP contribution in [0.5, 0.6) is 0 Å². The van der Waals surface area contributed by atoms with E-state index in [1.165, 1.54) is 6.33 Å². The Hall–Kier alpha value is -2.70. The Balaban J connectivity index is 1.80. The van der Waals surface area contributed by atoms with Gasteiger partial charge in [-0.3, -0.25) is 9.59 Å². The van der Waals surface area contributed by atoms with Crippen molar-refractivity contribution in [2.24, 2.45) is 0 Å². The molecule has 0 spiro atoms. The number of nitrogens with zero attached hydrogens (tertiary/aromatic N) is 3. The molecule has 1 amide bonds. The van der Waals surface area contributed by atoms with Crippen LogP contribution < -0.4 is 5.32 Å². The van der Waals surface area contributed by atoms with Gasteiger partial charge >= 0.3 is 5.97 Å². The predicted octanol–water partition coefficient (Wildman–Crippen LogP) is 1.64. The van der Waals surface area contributed by atoms with Gasteiger partial charge in [0.25, 0.3) is 5.91 Å². The van der Waals surface area contributed by atoms with Crippen LogP contribution in [-0.2, 0) is 4.79 Å². The molecule has 0 fully saturated rings. The first-order valence-electron chi connectivity index (χ1n) is 7.12. The first-order chi connectivity index (χ1) is 10.7. The monoisotopic (exact) mass is 302 g/mol. The van der Waals surface area contributed by atoms with Gasteiger partial charge in [0.2, 0.25) is 0 Å². The topological polar surface area (TPSA) is 97.1 Å². The smallest absolute Gasteiger partial charge is 0.303 e. The SMILES string of the molecule is O=C(O)CCCCCNC(=O)c1cccc(-n2cncn2)c1. The summed E-state index contributed by atoms with van der Waals surface area (Å²) in [5.41, 5.74) is 1.32. The third-order valence-electron chi connectivity index (χ3n) is 3.14. The lowest BCUT2D eigenvalue weighted by molar-refractivity contribution is -0.137. The Morgan fingerprint density at radius 3 is 2.82 bits per heavy atom. The van der Waals surface area contributed by atoms with E-state index in [0.717, 1.165) is 18.5 Å². The molecule has 0 unspecified atom stereocenters. The largest absolute Gasteiger partial charge is 0.481 e. The fourth-order valence-corrected chi connectivity index (χ4v) is 2.01. The van der Waals surface area contributed by atoms with Crippen LogP contribution in [0.4, 0.5) is 0 Å². The summed E-state index contributed by atoms with van der Waals surface area (Å²) in [7, 11) is 0. The summed E-state index contributed by atoms with van der Waals surface area (Å²) in [6.45, 7) is 0.534. The number of carboxylic acid groups (broad SMARTS) is 1. The van der Waals surface area contributed by atoms with Crippen LogP contribution in [0.2, 0.25) is 0 Å². The summed E-state index contributed by atoms with van der Waals surface area (Å²) < 4.78 is 1.59. The standard InChI is InChI=1S/C15H18N4O3/c20-14(21)7-2-1-3-8-17-15(22)12-5-4-6-13(9-12)19-11-16-10-18-19/h4-6,9-11H,1-3,7-8H2,(H,17,22)(H,20,21). The van der Waals surface area contributed by atoms with E-state index in [2.05, 4.69) is 15.4 Å². The second-order valence-corrected chi connectivity index (χ2v) is 4.85. The Morgan fingerprint density at radius 1 is 1.23 bits per heavy atom. The molecule has 0 aliphatic heterocycles. The molecule has 0 aliphatic rings. The van der Waals surface area contributed by atoms with Crippen molar-refractivity contribution in [2.45, 2.75) is 25.7 Å². The number of carbonyl (C=O) groups is 2. The zero-order valence-electron chi connectivity index (χ0n) is 12.1. The van der Waals surface area contributed by atoms with E-state index in [9.17, 15) is 9.59 Å². The maximum absolute atomic E-state index is 12.1. The summed E-state index contributed by atoms with van der Waals surface area (Å²) in [5, 5.41) is 15.4. The van der Waals surface area contributed by atoms with Crippen LogP contribution in [0, 0.1) is 0 Å². The molecule has 1 aromatic carbocycles. The summed E-state index contributed by atoms with van der Waals surface area (Å²) in [6, 6.07) is 7.12. The predicted molar refractivity (Wildman–Crippen MR) is 79.8 cm³/mol. The Kier molecular flexibility index (Phi) is 5.65. The quantitative estimate of drug-likeness (QED) is 0.722. The van der Waals surface area contributed by atoms with Crippen molar-refractivity contribution < 1.29 is 14.7 Å². The van der Waals surface area contributed by atoms with Gasteiger partial charge in [-0.2, -0.15) is 5.10 Å². The highest BCUT2D eigenvalue weighted by molar-refractivity contribution is 5.94.